The molecule has 0 radical (unpaired) electrons. The van der Waals surface area contributed by atoms with Gasteiger partial charge in [0.15, 0.2) is 5.43 Å². The second kappa shape index (κ2) is 2.62. The number of pyridine rings is 1. The summed E-state index contributed by atoms with van der Waals surface area (Å²) in [7, 11) is 0. The van der Waals surface area contributed by atoms with Crippen LogP contribution < -0.4 is 11.2 Å². The number of rotatable bonds is 0. The molecule has 3 nitrogen and oxygen atoms in total. The summed E-state index contributed by atoms with van der Waals surface area (Å²) in [5.74, 6) is 0. The van der Waals surface area contributed by atoms with E-state index >= 15 is 0 Å². The van der Waals surface area contributed by atoms with Crippen molar-refractivity contribution in [3.63, 3.8) is 0 Å². The van der Waals surface area contributed by atoms with Gasteiger partial charge in [0.1, 0.15) is 0 Å². The molecule has 0 saturated carbocycles. The van der Waals surface area contributed by atoms with E-state index in [4.69, 9.17) is 5.73 Å². The molecule has 0 aliphatic rings. The summed E-state index contributed by atoms with van der Waals surface area (Å²) in [6.07, 6.45) is 0. The van der Waals surface area contributed by atoms with E-state index in [1.807, 2.05) is 19.1 Å². The first-order chi connectivity index (χ1) is 6.18. The van der Waals surface area contributed by atoms with E-state index in [0.29, 0.717) is 11.1 Å². The molecule has 0 fully saturated rings. The van der Waals surface area contributed by atoms with Crippen LogP contribution in [0.15, 0.2) is 29.1 Å². The van der Waals surface area contributed by atoms with Gasteiger partial charge in [0.2, 0.25) is 0 Å². The van der Waals surface area contributed by atoms with Crippen molar-refractivity contribution in [2.75, 3.05) is 5.73 Å². The standard InChI is InChI=1S/C10H10N2O/c1-6-5-9(13)10-7(11)3-2-4-8(10)12-6/h2-5H,11H2,1H3,(H,12,13). The van der Waals surface area contributed by atoms with Crippen molar-refractivity contribution >= 4 is 16.6 Å². The fraction of sp³-hybridized carbons (Fsp3) is 0.100. The Morgan fingerprint density at radius 2 is 2.15 bits per heavy atom. The van der Waals surface area contributed by atoms with Crippen LogP contribution in [0.2, 0.25) is 0 Å². The molecule has 0 unspecified atom stereocenters. The Morgan fingerprint density at radius 1 is 1.38 bits per heavy atom. The summed E-state index contributed by atoms with van der Waals surface area (Å²) in [6.45, 7) is 1.85. The smallest absolute Gasteiger partial charge is 0.191 e. The maximum Gasteiger partial charge on any atom is 0.191 e. The van der Waals surface area contributed by atoms with Crippen LogP contribution in [0.4, 0.5) is 5.69 Å². The van der Waals surface area contributed by atoms with Crippen molar-refractivity contribution in [1.82, 2.24) is 4.98 Å². The predicted octanol–water partition coefficient (Wildman–Crippen LogP) is 1.42. The minimum atomic E-state index is -0.0237. The number of nitrogen functional groups attached to an aromatic ring is 1. The molecular formula is C10H10N2O. The Labute approximate surface area is 75.2 Å². The van der Waals surface area contributed by atoms with Crippen LogP contribution in [-0.4, -0.2) is 4.98 Å². The maximum absolute atomic E-state index is 11.5. The van der Waals surface area contributed by atoms with Crippen molar-refractivity contribution in [2.45, 2.75) is 6.92 Å². The molecule has 3 heteroatoms. The molecule has 1 aromatic heterocycles. The summed E-state index contributed by atoms with van der Waals surface area (Å²) in [6, 6.07) is 6.96. The number of aryl methyl sites for hydroxylation is 1. The quantitative estimate of drug-likeness (QED) is 0.593. The second-order valence-electron chi connectivity index (χ2n) is 3.09. The zero-order valence-electron chi connectivity index (χ0n) is 7.29. The molecule has 0 atom stereocenters. The number of aromatic amines is 1. The van der Waals surface area contributed by atoms with Gasteiger partial charge in [-0.15, -0.1) is 0 Å². The topological polar surface area (TPSA) is 58.9 Å². The van der Waals surface area contributed by atoms with Crippen LogP contribution in [-0.2, 0) is 0 Å². The van der Waals surface area contributed by atoms with Crippen molar-refractivity contribution in [3.05, 3.63) is 40.2 Å². The molecule has 0 aliphatic heterocycles. The van der Waals surface area contributed by atoms with Crippen LogP contribution in [0.25, 0.3) is 10.9 Å². The Hall–Kier alpha value is -1.77. The lowest BCUT2D eigenvalue weighted by Gasteiger charge is -2.01. The lowest BCUT2D eigenvalue weighted by Crippen LogP contribution is -2.05. The van der Waals surface area contributed by atoms with E-state index in [2.05, 4.69) is 4.98 Å². The molecule has 66 valence electrons. The van der Waals surface area contributed by atoms with Gasteiger partial charge in [0.05, 0.1) is 10.9 Å². The average molecular weight is 174 g/mol. The first-order valence-electron chi connectivity index (χ1n) is 4.06. The van der Waals surface area contributed by atoms with E-state index in [1.165, 1.54) is 0 Å². The van der Waals surface area contributed by atoms with Crippen LogP contribution in [0.1, 0.15) is 5.69 Å². The fourth-order valence-electron chi connectivity index (χ4n) is 1.47. The Kier molecular flexibility index (Phi) is 1.59. The number of fused-ring (bicyclic) bond motifs is 1. The zero-order valence-corrected chi connectivity index (χ0v) is 7.29. The number of hydrogen-bond donors (Lipinski definition) is 2. The number of anilines is 1. The first-order valence-corrected chi connectivity index (χ1v) is 4.06. The molecule has 0 amide bonds. The van der Waals surface area contributed by atoms with Crippen molar-refractivity contribution in [2.24, 2.45) is 0 Å². The van der Waals surface area contributed by atoms with Gasteiger partial charge in [-0.2, -0.15) is 0 Å². The molecule has 1 aromatic carbocycles. The van der Waals surface area contributed by atoms with Gasteiger partial charge in [-0.05, 0) is 19.1 Å². The van der Waals surface area contributed by atoms with E-state index in [9.17, 15) is 4.79 Å². The normalized spacial score (nSPS) is 10.5. The average Bonchev–Trinajstić information content (AvgIpc) is 2.02. The minimum absolute atomic E-state index is 0.0237. The van der Waals surface area contributed by atoms with Gasteiger partial charge >= 0.3 is 0 Å². The van der Waals surface area contributed by atoms with Crippen molar-refractivity contribution < 1.29 is 0 Å². The Morgan fingerprint density at radius 3 is 2.92 bits per heavy atom. The van der Waals surface area contributed by atoms with Gasteiger partial charge in [-0.25, -0.2) is 0 Å². The number of benzene rings is 1. The van der Waals surface area contributed by atoms with Crippen molar-refractivity contribution in [3.8, 4) is 0 Å². The van der Waals surface area contributed by atoms with Crippen molar-refractivity contribution in [1.29, 1.82) is 0 Å². The fourth-order valence-corrected chi connectivity index (χ4v) is 1.47. The van der Waals surface area contributed by atoms with Gasteiger partial charge in [0.25, 0.3) is 0 Å². The van der Waals surface area contributed by atoms with Crippen LogP contribution >= 0.6 is 0 Å². The number of nitrogens with two attached hydrogens (primary N) is 1. The number of nitrogens with one attached hydrogen (secondary N) is 1. The predicted molar refractivity (Wildman–Crippen MR) is 53.7 cm³/mol. The number of hydrogen-bond acceptors (Lipinski definition) is 2. The molecule has 0 saturated heterocycles. The second-order valence-corrected chi connectivity index (χ2v) is 3.09. The summed E-state index contributed by atoms with van der Waals surface area (Å²) < 4.78 is 0. The molecule has 0 spiro atoms. The summed E-state index contributed by atoms with van der Waals surface area (Å²) in [5.41, 5.74) is 7.84. The largest absolute Gasteiger partial charge is 0.398 e. The summed E-state index contributed by atoms with van der Waals surface area (Å²) in [4.78, 5) is 14.6. The third-order valence-electron chi connectivity index (χ3n) is 2.02. The summed E-state index contributed by atoms with van der Waals surface area (Å²) in [5, 5.41) is 0.577. The minimum Gasteiger partial charge on any atom is -0.398 e. The molecule has 13 heavy (non-hydrogen) atoms. The van der Waals surface area contributed by atoms with Gasteiger partial charge in [-0.3, -0.25) is 4.79 Å². The first kappa shape index (κ1) is 7.86. The lowest BCUT2D eigenvalue weighted by molar-refractivity contribution is 1.24. The molecule has 2 aromatic rings. The molecule has 3 N–H and O–H groups in total. The maximum atomic E-state index is 11.5. The highest BCUT2D eigenvalue weighted by atomic mass is 16.1. The van der Waals surface area contributed by atoms with Gasteiger partial charge < -0.3 is 10.7 Å². The highest BCUT2D eigenvalue weighted by Crippen LogP contribution is 2.14. The number of H-pyrrole nitrogens is 1. The third kappa shape index (κ3) is 1.18. The molecule has 1 heterocycles. The van der Waals surface area contributed by atoms with Gasteiger partial charge in [0, 0.05) is 17.4 Å². The molecule has 2 rings (SSSR count). The molecule has 0 aliphatic carbocycles. The highest BCUT2D eigenvalue weighted by Gasteiger charge is 2.01. The molecule has 0 bridgehead atoms. The molecular weight excluding hydrogens is 164 g/mol. The number of aromatic nitrogens is 1. The Bertz CT molecular complexity index is 514. The van der Waals surface area contributed by atoms with Crippen LogP contribution in [0.5, 0.6) is 0 Å². The third-order valence-corrected chi connectivity index (χ3v) is 2.02. The highest BCUT2D eigenvalue weighted by molar-refractivity contribution is 5.89. The van der Waals surface area contributed by atoms with E-state index in [-0.39, 0.29) is 5.43 Å². The zero-order chi connectivity index (χ0) is 9.42. The van der Waals surface area contributed by atoms with Crippen LogP contribution in [0.3, 0.4) is 0 Å². The SMILES string of the molecule is Cc1cc(=O)c2c(N)cccc2[nH]1. The van der Waals surface area contributed by atoms with E-state index in [1.54, 1.807) is 12.1 Å². The van der Waals surface area contributed by atoms with Crippen LogP contribution in [0, 0.1) is 6.92 Å². The van der Waals surface area contributed by atoms with E-state index in [0.717, 1.165) is 11.2 Å². The Balaban J connectivity index is 3.03. The van der Waals surface area contributed by atoms with E-state index < -0.39 is 0 Å². The summed E-state index contributed by atoms with van der Waals surface area (Å²) >= 11 is 0. The lowest BCUT2D eigenvalue weighted by atomic mass is 10.1. The monoisotopic (exact) mass is 174 g/mol. The van der Waals surface area contributed by atoms with Gasteiger partial charge in [-0.1, -0.05) is 6.07 Å².